The number of nitrogens with one attached hydrogen (secondary N) is 1. The van der Waals surface area contributed by atoms with E-state index in [0.717, 1.165) is 64.2 Å². The van der Waals surface area contributed by atoms with Crippen molar-refractivity contribution < 1.29 is 9.26 Å². The van der Waals surface area contributed by atoms with E-state index in [0.29, 0.717) is 17.8 Å². The van der Waals surface area contributed by atoms with Crippen LogP contribution in [0.15, 0.2) is 87.2 Å². The molecular formula is C32H31ClN4O4. The van der Waals surface area contributed by atoms with Gasteiger partial charge in [0.15, 0.2) is 5.82 Å². The summed E-state index contributed by atoms with van der Waals surface area (Å²) < 4.78 is 12.4. The van der Waals surface area contributed by atoms with Crippen LogP contribution in [0.25, 0.3) is 28.2 Å². The van der Waals surface area contributed by atoms with Crippen LogP contribution in [0.2, 0.25) is 0 Å². The molecule has 0 saturated heterocycles. The number of aryl methyl sites for hydroxylation is 1. The molecule has 0 fully saturated rings. The Morgan fingerprint density at radius 3 is 2.46 bits per heavy atom. The van der Waals surface area contributed by atoms with Crippen molar-refractivity contribution in [2.75, 3.05) is 0 Å². The Bertz CT molecular complexity index is 1820. The van der Waals surface area contributed by atoms with E-state index in [-0.39, 0.29) is 23.6 Å². The number of rotatable bonds is 7. The lowest BCUT2D eigenvalue weighted by molar-refractivity contribution is 0.138. The minimum atomic E-state index is -0.595. The average molecular weight is 571 g/mol. The normalized spacial score (nSPS) is 13.3. The summed E-state index contributed by atoms with van der Waals surface area (Å²) in [4.78, 5) is 32.7. The predicted molar refractivity (Wildman–Crippen MR) is 160 cm³/mol. The summed E-state index contributed by atoms with van der Waals surface area (Å²) in [5.41, 5.74) is 6.77. The lowest BCUT2D eigenvalue weighted by atomic mass is 9.96. The molecule has 0 spiro atoms. The largest absolute Gasteiger partial charge is 0.487 e. The summed E-state index contributed by atoms with van der Waals surface area (Å²) in [5, 5.41) is 3.85. The molecule has 3 heterocycles. The molecule has 0 unspecified atom stereocenters. The third-order valence-corrected chi connectivity index (χ3v) is 7.23. The molecule has 0 aliphatic carbocycles. The van der Waals surface area contributed by atoms with Crippen LogP contribution in [0.5, 0.6) is 5.75 Å². The Kier molecular flexibility index (Phi) is 7.69. The van der Waals surface area contributed by atoms with E-state index in [1.165, 1.54) is 0 Å². The predicted octanol–water partition coefficient (Wildman–Crippen LogP) is 5.92. The van der Waals surface area contributed by atoms with E-state index in [2.05, 4.69) is 30.9 Å². The number of nitrogens with zero attached hydrogens (tertiary/aromatic N) is 3. The van der Waals surface area contributed by atoms with Gasteiger partial charge in [0.1, 0.15) is 17.7 Å². The van der Waals surface area contributed by atoms with Gasteiger partial charge in [0.05, 0.1) is 11.4 Å². The summed E-state index contributed by atoms with van der Waals surface area (Å²) in [5.74, 6) is 0.655. The van der Waals surface area contributed by atoms with Crippen LogP contribution in [0, 0.1) is 0 Å². The fraction of sp³-hybridized carbons (Fsp3) is 0.250. The van der Waals surface area contributed by atoms with Crippen LogP contribution in [0.1, 0.15) is 49.6 Å². The van der Waals surface area contributed by atoms with Crippen LogP contribution in [-0.4, -0.2) is 25.3 Å². The average Bonchev–Trinajstić information content (AvgIpc) is 3.51. The Hall–Kier alpha value is -4.43. The molecular weight excluding hydrogens is 540 g/mol. The maximum atomic E-state index is 13.8. The highest BCUT2D eigenvalue weighted by molar-refractivity contribution is 5.85. The van der Waals surface area contributed by atoms with Crippen LogP contribution >= 0.6 is 12.4 Å². The molecule has 1 aliphatic heterocycles. The summed E-state index contributed by atoms with van der Waals surface area (Å²) >= 11 is 0. The van der Waals surface area contributed by atoms with Crippen molar-refractivity contribution in [1.82, 2.24) is 19.7 Å². The molecule has 6 rings (SSSR count). The number of ether oxygens (including phenoxy) is 1. The van der Waals surface area contributed by atoms with Crippen molar-refractivity contribution in [3.8, 4) is 34.0 Å². The molecule has 9 heteroatoms. The monoisotopic (exact) mass is 570 g/mol. The van der Waals surface area contributed by atoms with Crippen molar-refractivity contribution in [2.45, 2.75) is 52.1 Å². The number of halogens is 1. The van der Waals surface area contributed by atoms with Gasteiger partial charge >= 0.3 is 5.76 Å². The molecule has 2 aromatic heterocycles. The number of fused-ring (bicyclic) bond motifs is 1. The van der Waals surface area contributed by atoms with Gasteiger partial charge in [0.25, 0.3) is 5.56 Å². The fourth-order valence-corrected chi connectivity index (χ4v) is 5.38. The lowest BCUT2D eigenvalue weighted by Crippen LogP contribution is -2.25. The molecule has 3 aromatic carbocycles. The van der Waals surface area contributed by atoms with E-state index >= 15 is 0 Å². The van der Waals surface area contributed by atoms with Gasteiger partial charge in [-0.05, 0) is 55.2 Å². The molecule has 0 saturated carbocycles. The number of H-pyrrole nitrogens is 1. The van der Waals surface area contributed by atoms with Gasteiger partial charge < -0.3 is 4.74 Å². The van der Waals surface area contributed by atoms with Gasteiger partial charge in [-0.3, -0.25) is 18.9 Å². The maximum absolute atomic E-state index is 13.8. The summed E-state index contributed by atoms with van der Waals surface area (Å²) in [6.07, 6.45) is 4.55. The quantitative estimate of drug-likeness (QED) is 0.260. The van der Waals surface area contributed by atoms with Crippen LogP contribution < -0.4 is 16.1 Å². The Balaban J connectivity index is 0.00000337. The number of aromatic amines is 1. The van der Waals surface area contributed by atoms with Gasteiger partial charge in [0, 0.05) is 29.5 Å². The second kappa shape index (κ2) is 11.2. The first-order valence-electron chi connectivity index (χ1n) is 13.5. The highest BCUT2D eigenvalue weighted by Crippen LogP contribution is 2.36. The SMILES string of the molecule is CCCc1ncn(-c2ccc3c(c2)CC(C)(C)O3)c(=O)c1Cc1ccc(-c2ccccc2-c2noc(=O)[nH]2)cc1.Cl. The van der Waals surface area contributed by atoms with Gasteiger partial charge in [-0.1, -0.05) is 67.0 Å². The molecule has 8 nitrogen and oxygen atoms in total. The number of aromatic nitrogens is 4. The Labute approximate surface area is 243 Å². The molecule has 41 heavy (non-hydrogen) atoms. The van der Waals surface area contributed by atoms with Gasteiger partial charge in [-0.25, -0.2) is 9.78 Å². The van der Waals surface area contributed by atoms with Crippen molar-refractivity contribution in [1.29, 1.82) is 0 Å². The van der Waals surface area contributed by atoms with Gasteiger partial charge in [0.2, 0.25) is 0 Å². The molecule has 0 atom stereocenters. The fourth-order valence-electron chi connectivity index (χ4n) is 5.38. The minimum absolute atomic E-state index is 0. The third kappa shape index (κ3) is 5.60. The second-order valence-electron chi connectivity index (χ2n) is 10.8. The third-order valence-electron chi connectivity index (χ3n) is 7.23. The molecule has 210 valence electrons. The van der Waals surface area contributed by atoms with Crippen LogP contribution in [0.3, 0.4) is 0 Å². The highest BCUT2D eigenvalue weighted by atomic mass is 35.5. The smallest absolute Gasteiger partial charge is 0.439 e. The van der Waals surface area contributed by atoms with Gasteiger partial charge in [-0.2, -0.15) is 0 Å². The van der Waals surface area contributed by atoms with E-state index < -0.39 is 5.76 Å². The molecule has 1 aliphatic rings. The Morgan fingerprint density at radius 1 is 1.00 bits per heavy atom. The first-order chi connectivity index (χ1) is 19.3. The van der Waals surface area contributed by atoms with Crippen LogP contribution in [0.4, 0.5) is 0 Å². The van der Waals surface area contributed by atoms with Crippen molar-refractivity contribution in [2.24, 2.45) is 0 Å². The standard InChI is InChI=1S/C32H30N4O4.ClH/c1-4-7-27-26(30(37)36(19-33-27)23-14-15-28-22(17-23)18-32(2,3)39-28)16-20-10-12-21(13-11-20)24-8-5-6-9-25(24)29-34-31(38)40-35-29;/h5-6,8-15,17,19H,4,7,16,18H2,1-3H3,(H,34,35,38);1H. The zero-order valence-electron chi connectivity index (χ0n) is 23.1. The first kappa shape index (κ1) is 28.1. The van der Waals surface area contributed by atoms with E-state index in [1.807, 2.05) is 66.7 Å². The Morgan fingerprint density at radius 2 is 1.76 bits per heavy atom. The molecule has 0 radical (unpaired) electrons. The molecule has 0 amide bonds. The topological polar surface area (TPSA) is 103 Å². The molecule has 0 bridgehead atoms. The van der Waals surface area contributed by atoms with Crippen LogP contribution in [-0.2, 0) is 19.3 Å². The van der Waals surface area contributed by atoms with Gasteiger partial charge in [-0.15, -0.1) is 12.4 Å². The van der Waals surface area contributed by atoms with Crippen molar-refractivity contribution >= 4 is 12.4 Å². The lowest BCUT2D eigenvalue weighted by Gasteiger charge is -2.16. The van der Waals surface area contributed by atoms with E-state index in [4.69, 9.17) is 14.2 Å². The molecule has 5 aromatic rings. The van der Waals surface area contributed by atoms with Crippen molar-refractivity contribution in [3.05, 3.63) is 116 Å². The van der Waals surface area contributed by atoms with Crippen molar-refractivity contribution in [3.63, 3.8) is 0 Å². The number of benzene rings is 3. The summed E-state index contributed by atoms with van der Waals surface area (Å²) in [6.45, 7) is 6.22. The summed E-state index contributed by atoms with van der Waals surface area (Å²) in [6, 6.07) is 21.7. The number of hydrogen-bond donors (Lipinski definition) is 1. The molecule has 1 N–H and O–H groups in total. The second-order valence-corrected chi connectivity index (χ2v) is 10.8. The number of hydrogen-bond acceptors (Lipinski definition) is 6. The van der Waals surface area contributed by atoms with E-state index in [9.17, 15) is 9.59 Å². The minimum Gasteiger partial charge on any atom is -0.487 e. The maximum Gasteiger partial charge on any atom is 0.439 e. The zero-order chi connectivity index (χ0) is 27.9. The van der Waals surface area contributed by atoms with E-state index in [1.54, 1.807) is 10.9 Å². The highest BCUT2D eigenvalue weighted by Gasteiger charge is 2.30. The summed E-state index contributed by atoms with van der Waals surface area (Å²) in [7, 11) is 0. The zero-order valence-corrected chi connectivity index (χ0v) is 24.0. The first-order valence-corrected chi connectivity index (χ1v) is 13.5.